The van der Waals surface area contributed by atoms with Crippen molar-refractivity contribution in [1.82, 2.24) is 20.6 Å². The van der Waals surface area contributed by atoms with E-state index in [2.05, 4.69) is 10.6 Å². The number of nitrogens with one attached hydrogen (secondary N) is 3. The molecule has 0 bridgehead atoms. The highest BCUT2D eigenvalue weighted by Gasteiger charge is 2.64. The molecular weight excluding hydrogens is 551 g/mol. The standard InChI is InChI=1S/C24H27N4O9PS/c1-24(2)18(22(32)33)28-20(31)17(21(28)39-24)25-19(30)16(14-8-10-15(29)11-9-14)26-23(34)27-38(35,36)37-12-13-6-4-3-5-7-13/h3-11,16-18,21,29H,12H2,1-2H3,(H,25,30)(H,32,33)(H3,26,27,34,35,36)/t16?,17-,18+,21-/m1/s1. The number of β-lactam (4-membered cyclic amide) rings is 1. The number of fused-ring (bicyclic) bond motifs is 1. The molecule has 2 aromatic rings. The number of hydrogen-bond acceptors (Lipinski definition) is 8. The molecule has 5 atom stereocenters. The lowest BCUT2D eigenvalue weighted by atomic mass is 9.95. The Labute approximate surface area is 227 Å². The summed E-state index contributed by atoms with van der Waals surface area (Å²) >= 11 is 1.23. The summed E-state index contributed by atoms with van der Waals surface area (Å²) in [7, 11) is -4.63. The molecule has 0 saturated carbocycles. The Bertz CT molecular complexity index is 1320. The summed E-state index contributed by atoms with van der Waals surface area (Å²) in [6.45, 7) is 3.13. The van der Waals surface area contributed by atoms with Crippen LogP contribution in [0.3, 0.4) is 0 Å². The maximum atomic E-state index is 13.3. The number of aromatic hydroxyl groups is 1. The van der Waals surface area contributed by atoms with Crippen molar-refractivity contribution in [1.29, 1.82) is 0 Å². The Balaban J connectivity index is 1.45. The van der Waals surface area contributed by atoms with E-state index in [1.165, 1.54) is 40.9 Å². The van der Waals surface area contributed by atoms with Crippen molar-refractivity contribution in [3.05, 3.63) is 65.7 Å². The number of thioether (sulfide) groups is 1. The molecule has 2 fully saturated rings. The number of carboxylic acids is 1. The zero-order chi connectivity index (χ0) is 28.5. The molecule has 0 radical (unpaired) electrons. The van der Waals surface area contributed by atoms with Gasteiger partial charge in [-0.2, -0.15) is 0 Å². The maximum Gasteiger partial charge on any atom is 0.434 e. The van der Waals surface area contributed by atoms with Crippen molar-refractivity contribution in [2.24, 2.45) is 0 Å². The molecule has 2 unspecified atom stereocenters. The van der Waals surface area contributed by atoms with Crippen LogP contribution in [0, 0.1) is 0 Å². The Kier molecular flexibility index (Phi) is 7.94. The summed E-state index contributed by atoms with van der Waals surface area (Å²) < 4.78 is 16.6. The minimum Gasteiger partial charge on any atom is -0.508 e. The minimum atomic E-state index is -4.63. The number of carbonyl (C=O) groups is 4. The van der Waals surface area contributed by atoms with E-state index in [1.54, 1.807) is 44.2 Å². The smallest absolute Gasteiger partial charge is 0.434 e. The molecule has 0 aromatic heterocycles. The molecule has 0 spiro atoms. The number of rotatable bonds is 9. The molecule has 4 rings (SSSR count). The molecule has 208 valence electrons. The number of aliphatic carboxylic acids is 1. The summed E-state index contributed by atoms with van der Waals surface area (Å²) in [6.07, 6.45) is 0. The third kappa shape index (κ3) is 6.19. The number of nitrogens with zero attached hydrogens (tertiary/aromatic N) is 1. The van der Waals surface area contributed by atoms with Gasteiger partial charge in [0, 0.05) is 4.75 Å². The van der Waals surface area contributed by atoms with Gasteiger partial charge in [0.1, 0.15) is 29.2 Å². The van der Waals surface area contributed by atoms with Crippen LogP contribution >= 0.6 is 19.5 Å². The van der Waals surface area contributed by atoms with Crippen LogP contribution in [0.15, 0.2) is 54.6 Å². The molecule has 2 aromatic carbocycles. The lowest BCUT2D eigenvalue weighted by Crippen LogP contribution is -2.71. The molecule has 2 saturated heterocycles. The molecule has 15 heteroatoms. The predicted octanol–water partition coefficient (Wildman–Crippen LogP) is 1.68. The monoisotopic (exact) mass is 578 g/mol. The van der Waals surface area contributed by atoms with E-state index in [0.29, 0.717) is 5.56 Å². The van der Waals surface area contributed by atoms with Gasteiger partial charge < -0.3 is 30.6 Å². The summed E-state index contributed by atoms with van der Waals surface area (Å²) in [5, 5.41) is 25.2. The molecule has 2 heterocycles. The van der Waals surface area contributed by atoms with E-state index < -0.39 is 59.8 Å². The first-order valence-corrected chi connectivity index (χ1v) is 14.2. The summed E-state index contributed by atoms with van der Waals surface area (Å²) in [6, 6.07) is 9.00. The fourth-order valence-corrected chi connectivity index (χ4v) is 6.74. The van der Waals surface area contributed by atoms with Gasteiger partial charge in [-0.1, -0.05) is 42.5 Å². The largest absolute Gasteiger partial charge is 0.508 e. The molecule has 0 aliphatic carbocycles. The van der Waals surface area contributed by atoms with Crippen LogP contribution in [0.5, 0.6) is 5.75 Å². The van der Waals surface area contributed by atoms with Gasteiger partial charge in [0.05, 0.1) is 6.61 Å². The summed E-state index contributed by atoms with van der Waals surface area (Å²) in [5.74, 6) is -2.67. The van der Waals surface area contributed by atoms with E-state index in [4.69, 9.17) is 4.52 Å². The number of phenols is 1. The van der Waals surface area contributed by atoms with Crippen molar-refractivity contribution in [3.63, 3.8) is 0 Å². The van der Waals surface area contributed by atoms with Gasteiger partial charge in [-0.25, -0.2) is 19.2 Å². The van der Waals surface area contributed by atoms with E-state index in [1.807, 2.05) is 5.09 Å². The molecule has 2 aliphatic heterocycles. The van der Waals surface area contributed by atoms with Crippen LogP contribution in [-0.4, -0.2) is 66.0 Å². The van der Waals surface area contributed by atoms with E-state index >= 15 is 0 Å². The topological polar surface area (TPSA) is 195 Å². The van der Waals surface area contributed by atoms with Gasteiger partial charge in [-0.05, 0) is 37.1 Å². The van der Waals surface area contributed by atoms with Crippen LogP contribution in [0.2, 0.25) is 0 Å². The quantitative estimate of drug-likeness (QED) is 0.188. The van der Waals surface area contributed by atoms with E-state index in [9.17, 15) is 38.8 Å². The second kappa shape index (κ2) is 10.9. The van der Waals surface area contributed by atoms with Crippen molar-refractivity contribution in [2.75, 3.05) is 0 Å². The average Bonchev–Trinajstić information content (AvgIpc) is 3.13. The SMILES string of the molecule is CC1(C)S[C@@H]2[C@H](NC(=O)C(NC(=O)NP(=O)(O)OCc3ccccc3)c3ccc(O)cc3)C(=O)N2[C@H]1C(=O)O. The molecule has 39 heavy (non-hydrogen) atoms. The van der Waals surface area contributed by atoms with Gasteiger partial charge in [-0.15, -0.1) is 11.8 Å². The fraction of sp³-hybridized carbons (Fsp3) is 0.333. The number of urea groups is 1. The fourth-order valence-electron chi connectivity index (χ4n) is 4.41. The predicted molar refractivity (Wildman–Crippen MR) is 139 cm³/mol. The lowest BCUT2D eigenvalue weighted by molar-refractivity contribution is -0.161. The van der Waals surface area contributed by atoms with Crippen LogP contribution in [-0.2, 0) is 30.1 Å². The molecule has 6 N–H and O–H groups in total. The van der Waals surface area contributed by atoms with Crippen LogP contribution < -0.4 is 15.7 Å². The van der Waals surface area contributed by atoms with Crippen LogP contribution in [0.4, 0.5) is 4.79 Å². The number of benzene rings is 2. The molecule has 13 nitrogen and oxygen atoms in total. The normalized spacial score (nSPS) is 23.5. The zero-order valence-electron chi connectivity index (χ0n) is 20.8. The number of phenolic OH excluding ortho intramolecular Hbond substituents is 1. The molecule has 4 amide bonds. The summed E-state index contributed by atoms with van der Waals surface area (Å²) in [4.78, 5) is 61.7. The second-order valence-electron chi connectivity index (χ2n) is 9.47. The van der Waals surface area contributed by atoms with Crippen molar-refractivity contribution in [2.45, 2.75) is 48.7 Å². The zero-order valence-corrected chi connectivity index (χ0v) is 22.5. The third-order valence-corrected chi connectivity index (χ3v) is 8.76. The van der Waals surface area contributed by atoms with Gasteiger partial charge in [-0.3, -0.25) is 14.1 Å². The first-order chi connectivity index (χ1) is 18.3. The number of amides is 4. The van der Waals surface area contributed by atoms with Gasteiger partial charge >= 0.3 is 19.7 Å². The first kappa shape index (κ1) is 28.4. The highest BCUT2D eigenvalue weighted by molar-refractivity contribution is 8.01. The summed E-state index contributed by atoms with van der Waals surface area (Å²) in [5.41, 5.74) is 0.789. The van der Waals surface area contributed by atoms with Crippen molar-refractivity contribution < 1.29 is 43.4 Å². The first-order valence-electron chi connectivity index (χ1n) is 11.7. The number of carboxylic acid groups (broad SMARTS) is 1. The van der Waals surface area contributed by atoms with E-state index in [-0.39, 0.29) is 17.9 Å². The Morgan fingerprint density at radius 1 is 1.13 bits per heavy atom. The number of carbonyl (C=O) groups excluding carboxylic acids is 3. The third-order valence-electron chi connectivity index (χ3n) is 6.23. The Morgan fingerprint density at radius 3 is 2.38 bits per heavy atom. The Morgan fingerprint density at radius 2 is 1.77 bits per heavy atom. The lowest BCUT2D eigenvalue weighted by Gasteiger charge is -2.44. The molecule has 2 aliphatic rings. The highest BCUT2D eigenvalue weighted by Crippen LogP contribution is 2.50. The average molecular weight is 579 g/mol. The van der Waals surface area contributed by atoms with Gasteiger partial charge in [0.25, 0.3) is 0 Å². The number of hydrogen-bond donors (Lipinski definition) is 6. The second-order valence-corrected chi connectivity index (χ2v) is 12.8. The van der Waals surface area contributed by atoms with Gasteiger partial charge in [0.2, 0.25) is 11.8 Å². The maximum absolute atomic E-state index is 13.3. The highest BCUT2D eigenvalue weighted by atomic mass is 32.2. The van der Waals surface area contributed by atoms with E-state index in [0.717, 1.165) is 0 Å². The van der Waals surface area contributed by atoms with Crippen molar-refractivity contribution in [3.8, 4) is 5.75 Å². The van der Waals surface area contributed by atoms with Crippen LogP contribution in [0.1, 0.15) is 31.0 Å². The van der Waals surface area contributed by atoms with Crippen LogP contribution in [0.25, 0.3) is 0 Å². The minimum absolute atomic E-state index is 0.106. The Hall–Kier alpha value is -3.58. The van der Waals surface area contributed by atoms with Crippen molar-refractivity contribution >= 4 is 43.3 Å². The molecular formula is C24H27N4O9PS. The van der Waals surface area contributed by atoms with Gasteiger partial charge in [0.15, 0.2) is 0 Å².